The summed E-state index contributed by atoms with van der Waals surface area (Å²) >= 11 is 0. The quantitative estimate of drug-likeness (QED) is 0.751. The SMILES string of the molecule is COC1C2CCCC(C(=O)N1CCOCc1ccccc1)N2C. The highest BCUT2D eigenvalue weighted by Crippen LogP contribution is 2.32. The van der Waals surface area contributed by atoms with Crippen molar-refractivity contribution in [1.82, 2.24) is 9.80 Å². The summed E-state index contributed by atoms with van der Waals surface area (Å²) in [5.74, 6) is 0.179. The van der Waals surface area contributed by atoms with E-state index >= 15 is 0 Å². The van der Waals surface area contributed by atoms with Gasteiger partial charge >= 0.3 is 0 Å². The summed E-state index contributed by atoms with van der Waals surface area (Å²) in [6, 6.07) is 10.4. The molecule has 2 fully saturated rings. The number of amides is 1. The topological polar surface area (TPSA) is 42.0 Å². The summed E-state index contributed by atoms with van der Waals surface area (Å²) in [6.45, 7) is 1.70. The van der Waals surface area contributed by atoms with Gasteiger partial charge in [0.15, 0.2) is 0 Å². The Morgan fingerprint density at radius 1 is 1.22 bits per heavy atom. The summed E-state index contributed by atoms with van der Waals surface area (Å²) in [5, 5.41) is 0. The number of piperazine rings is 1. The van der Waals surface area contributed by atoms with E-state index in [9.17, 15) is 4.79 Å². The van der Waals surface area contributed by atoms with Gasteiger partial charge in [-0.3, -0.25) is 9.69 Å². The number of ether oxygens (including phenoxy) is 2. The van der Waals surface area contributed by atoms with E-state index in [1.165, 1.54) is 0 Å². The number of hydrogen-bond donors (Lipinski definition) is 0. The number of likely N-dealkylation sites (N-methyl/N-ethyl adjacent to an activating group) is 1. The van der Waals surface area contributed by atoms with E-state index in [1.807, 2.05) is 42.3 Å². The van der Waals surface area contributed by atoms with Crippen LogP contribution in [0.3, 0.4) is 0 Å². The fourth-order valence-electron chi connectivity index (χ4n) is 3.77. The average Bonchev–Trinajstić information content (AvgIpc) is 2.57. The van der Waals surface area contributed by atoms with E-state index in [1.54, 1.807) is 7.11 Å². The third-order valence-corrected chi connectivity index (χ3v) is 5.03. The molecule has 2 bridgehead atoms. The molecule has 0 spiro atoms. The Balaban J connectivity index is 1.56. The lowest BCUT2D eigenvalue weighted by molar-refractivity contribution is -0.181. The second-order valence-corrected chi connectivity index (χ2v) is 6.38. The van der Waals surface area contributed by atoms with Crippen molar-refractivity contribution in [3.8, 4) is 0 Å². The number of likely N-dealkylation sites (tertiary alicyclic amines) is 1. The first-order chi connectivity index (χ1) is 11.2. The van der Waals surface area contributed by atoms with Gasteiger partial charge in [-0.15, -0.1) is 0 Å². The van der Waals surface area contributed by atoms with Gasteiger partial charge in [0.25, 0.3) is 0 Å². The minimum absolute atomic E-state index is 0.00859. The van der Waals surface area contributed by atoms with E-state index in [2.05, 4.69) is 4.90 Å². The Hall–Kier alpha value is -1.43. The second-order valence-electron chi connectivity index (χ2n) is 6.38. The van der Waals surface area contributed by atoms with Crippen molar-refractivity contribution < 1.29 is 14.3 Å². The molecule has 2 saturated heterocycles. The summed E-state index contributed by atoms with van der Waals surface area (Å²) in [7, 11) is 3.74. The number of nitrogens with zero attached hydrogens (tertiary/aromatic N) is 2. The first-order valence-corrected chi connectivity index (χ1v) is 8.39. The van der Waals surface area contributed by atoms with Crippen molar-refractivity contribution in [2.24, 2.45) is 0 Å². The van der Waals surface area contributed by atoms with Gasteiger partial charge in [0.2, 0.25) is 5.91 Å². The molecule has 2 heterocycles. The molecule has 1 aromatic rings. The van der Waals surface area contributed by atoms with E-state index < -0.39 is 0 Å². The van der Waals surface area contributed by atoms with Gasteiger partial charge in [0.05, 0.1) is 25.3 Å². The molecule has 5 nitrogen and oxygen atoms in total. The second kappa shape index (κ2) is 7.43. The van der Waals surface area contributed by atoms with Gasteiger partial charge in [-0.2, -0.15) is 0 Å². The number of rotatable bonds is 6. The molecule has 1 amide bonds. The fourth-order valence-corrected chi connectivity index (χ4v) is 3.77. The number of piperidine rings is 1. The summed E-state index contributed by atoms with van der Waals surface area (Å²) < 4.78 is 11.4. The van der Waals surface area contributed by atoms with E-state index in [0.717, 1.165) is 24.8 Å². The maximum atomic E-state index is 12.7. The first-order valence-electron chi connectivity index (χ1n) is 8.39. The average molecular weight is 318 g/mol. The van der Waals surface area contributed by atoms with Crippen LogP contribution in [0.15, 0.2) is 30.3 Å². The molecule has 5 heteroatoms. The maximum absolute atomic E-state index is 12.7. The Labute approximate surface area is 138 Å². The zero-order valence-electron chi connectivity index (χ0n) is 14.0. The minimum Gasteiger partial charge on any atom is -0.375 e. The molecule has 0 aliphatic carbocycles. The molecule has 0 N–H and O–H groups in total. The van der Waals surface area contributed by atoms with Crippen LogP contribution >= 0.6 is 0 Å². The summed E-state index contributed by atoms with van der Waals surface area (Å²) in [5.41, 5.74) is 1.15. The smallest absolute Gasteiger partial charge is 0.242 e. The summed E-state index contributed by atoms with van der Waals surface area (Å²) in [6.07, 6.45) is 2.97. The first kappa shape index (κ1) is 16.4. The van der Waals surface area contributed by atoms with E-state index in [4.69, 9.17) is 9.47 Å². The Bertz CT molecular complexity index is 522. The van der Waals surface area contributed by atoms with Gasteiger partial charge in [-0.25, -0.2) is 0 Å². The number of carbonyl (C=O) groups is 1. The zero-order valence-corrected chi connectivity index (χ0v) is 14.0. The number of carbonyl (C=O) groups excluding carboxylic acids is 1. The van der Waals surface area contributed by atoms with Crippen molar-refractivity contribution in [2.45, 2.75) is 44.2 Å². The maximum Gasteiger partial charge on any atom is 0.242 e. The predicted octanol–water partition coefficient (Wildman–Crippen LogP) is 1.87. The van der Waals surface area contributed by atoms with Crippen molar-refractivity contribution in [1.29, 1.82) is 0 Å². The molecule has 3 rings (SSSR count). The molecule has 3 unspecified atom stereocenters. The van der Waals surface area contributed by atoms with Crippen LogP contribution in [0.1, 0.15) is 24.8 Å². The number of hydrogen-bond acceptors (Lipinski definition) is 4. The van der Waals surface area contributed by atoms with Crippen molar-refractivity contribution >= 4 is 5.91 Å². The van der Waals surface area contributed by atoms with Crippen LogP contribution in [0.4, 0.5) is 0 Å². The predicted molar refractivity (Wildman–Crippen MR) is 87.8 cm³/mol. The van der Waals surface area contributed by atoms with Gasteiger partial charge in [0.1, 0.15) is 6.23 Å². The van der Waals surface area contributed by atoms with Crippen LogP contribution < -0.4 is 0 Å². The Morgan fingerprint density at radius 3 is 2.74 bits per heavy atom. The number of fused-ring (bicyclic) bond motifs is 2. The third-order valence-electron chi connectivity index (χ3n) is 5.03. The highest BCUT2D eigenvalue weighted by molar-refractivity contribution is 5.83. The molecule has 2 aliphatic rings. The lowest BCUT2D eigenvalue weighted by atomic mass is 9.90. The van der Waals surface area contributed by atoms with Gasteiger partial charge in [-0.1, -0.05) is 30.3 Å². The molecule has 0 aromatic heterocycles. The van der Waals surface area contributed by atoms with Crippen LogP contribution in [0.2, 0.25) is 0 Å². The van der Waals surface area contributed by atoms with E-state index in [-0.39, 0.29) is 18.2 Å². The molecule has 3 atom stereocenters. The standard InChI is InChI=1S/C18H26N2O3/c1-19-15-9-6-10-16(19)18(22-2)20(17(15)21)11-12-23-13-14-7-4-3-5-8-14/h3-5,7-8,15-16,18H,6,9-13H2,1-2H3. The lowest BCUT2D eigenvalue weighted by Gasteiger charge is -2.51. The minimum atomic E-state index is -0.163. The number of benzene rings is 1. The summed E-state index contributed by atoms with van der Waals surface area (Å²) in [4.78, 5) is 16.8. The van der Waals surface area contributed by atoms with Crippen LogP contribution in [-0.2, 0) is 20.9 Å². The molecule has 2 aliphatic heterocycles. The van der Waals surface area contributed by atoms with E-state index in [0.29, 0.717) is 25.8 Å². The van der Waals surface area contributed by atoms with Crippen LogP contribution in [0.5, 0.6) is 0 Å². The molecule has 23 heavy (non-hydrogen) atoms. The highest BCUT2D eigenvalue weighted by atomic mass is 16.5. The normalized spacial score (nSPS) is 28.2. The largest absolute Gasteiger partial charge is 0.375 e. The van der Waals surface area contributed by atoms with Crippen molar-refractivity contribution in [3.05, 3.63) is 35.9 Å². The third kappa shape index (κ3) is 3.42. The molecular weight excluding hydrogens is 292 g/mol. The van der Waals surface area contributed by atoms with Gasteiger partial charge in [0, 0.05) is 13.7 Å². The van der Waals surface area contributed by atoms with Crippen LogP contribution in [-0.4, -0.2) is 61.3 Å². The molecule has 0 radical (unpaired) electrons. The van der Waals surface area contributed by atoms with Gasteiger partial charge < -0.3 is 14.4 Å². The van der Waals surface area contributed by atoms with Crippen LogP contribution in [0, 0.1) is 0 Å². The molecule has 0 saturated carbocycles. The highest BCUT2D eigenvalue weighted by Gasteiger charge is 2.47. The Morgan fingerprint density at radius 2 is 2.00 bits per heavy atom. The Kier molecular flexibility index (Phi) is 5.30. The van der Waals surface area contributed by atoms with Gasteiger partial charge in [-0.05, 0) is 31.9 Å². The monoisotopic (exact) mass is 318 g/mol. The van der Waals surface area contributed by atoms with Crippen LogP contribution in [0.25, 0.3) is 0 Å². The zero-order chi connectivity index (χ0) is 16.2. The fraction of sp³-hybridized carbons (Fsp3) is 0.611. The lowest BCUT2D eigenvalue weighted by Crippen LogP contribution is -2.68. The molecular formula is C18H26N2O3. The molecule has 1 aromatic carbocycles. The van der Waals surface area contributed by atoms with Crippen molar-refractivity contribution in [3.63, 3.8) is 0 Å². The number of methoxy groups -OCH3 is 1. The van der Waals surface area contributed by atoms with Crippen molar-refractivity contribution in [2.75, 3.05) is 27.3 Å². The molecule has 126 valence electrons.